The predicted octanol–water partition coefficient (Wildman–Crippen LogP) is 4.87. The molecule has 180 valence electrons. The van der Waals surface area contributed by atoms with Gasteiger partial charge in [-0.3, -0.25) is 4.79 Å². The van der Waals surface area contributed by atoms with Crippen molar-refractivity contribution in [2.24, 2.45) is 0 Å². The Morgan fingerprint density at radius 1 is 1.17 bits per heavy atom. The molecule has 0 aliphatic rings. The Morgan fingerprint density at radius 3 is 2.54 bits per heavy atom. The average Bonchev–Trinajstić information content (AvgIpc) is 3.24. The maximum atomic E-state index is 13.3. The van der Waals surface area contributed by atoms with Gasteiger partial charge in [0.1, 0.15) is 11.5 Å². The Hall–Kier alpha value is -3.99. The van der Waals surface area contributed by atoms with Crippen molar-refractivity contribution in [3.05, 3.63) is 100.0 Å². The van der Waals surface area contributed by atoms with Gasteiger partial charge in [0.05, 0.1) is 22.8 Å². The van der Waals surface area contributed by atoms with Gasteiger partial charge in [0.25, 0.3) is 11.6 Å². The van der Waals surface area contributed by atoms with Crippen molar-refractivity contribution >= 4 is 17.5 Å². The van der Waals surface area contributed by atoms with E-state index in [1.54, 1.807) is 24.3 Å². The van der Waals surface area contributed by atoms with Gasteiger partial charge in [-0.15, -0.1) is 0 Å². The molecule has 3 heterocycles. The fraction of sp³-hybridized carbons (Fsp3) is 0.130. The summed E-state index contributed by atoms with van der Waals surface area (Å²) in [6.07, 6.45) is -1.67. The van der Waals surface area contributed by atoms with Crippen molar-refractivity contribution < 1.29 is 27.1 Å². The van der Waals surface area contributed by atoms with Crippen molar-refractivity contribution in [2.45, 2.75) is 19.1 Å². The average molecular weight is 506 g/mol. The number of carbonyl (C=O) groups excluding carboxylic acids is 1. The van der Waals surface area contributed by atoms with E-state index in [0.29, 0.717) is 16.7 Å². The summed E-state index contributed by atoms with van der Waals surface area (Å²) in [6.45, 7) is 1.52. The normalized spacial score (nSPS) is 12.4. The smallest absolute Gasteiger partial charge is 0.478 e. The summed E-state index contributed by atoms with van der Waals surface area (Å²) < 4.78 is 52.9. The zero-order valence-electron chi connectivity index (χ0n) is 17.9. The SMILES string of the molecule is C[C@@H](NC(=O)c1cn(-c2ccc(F)cn2)nc1-c1ccccc1Cl)c1ccc(C(F)(F)F)[n+]([O-])c1. The van der Waals surface area contributed by atoms with Crippen molar-refractivity contribution in [2.75, 3.05) is 0 Å². The van der Waals surface area contributed by atoms with E-state index >= 15 is 0 Å². The van der Waals surface area contributed by atoms with Crippen LogP contribution in [0.15, 0.2) is 67.1 Å². The van der Waals surface area contributed by atoms with Gasteiger partial charge in [-0.2, -0.15) is 23.0 Å². The highest BCUT2D eigenvalue weighted by Crippen LogP contribution is 2.31. The lowest BCUT2D eigenvalue weighted by molar-refractivity contribution is -0.629. The largest absolute Gasteiger partial charge is 0.618 e. The quantitative estimate of drug-likeness (QED) is 0.238. The number of nitrogens with one attached hydrogen (secondary N) is 1. The second-order valence-electron chi connectivity index (χ2n) is 7.52. The Morgan fingerprint density at radius 2 is 1.91 bits per heavy atom. The lowest BCUT2D eigenvalue weighted by Gasteiger charge is -2.15. The van der Waals surface area contributed by atoms with Gasteiger partial charge in [-0.05, 0) is 31.2 Å². The van der Waals surface area contributed by atoms with Crippen LogP contribution in [0.5, 0.6) is 0 Å². The van der Waals surface area contributed by atoms with Crippen LogP contribution in [0.2, 0.25) is 5.02 Å². The zero-order chi connectivity index (χ0) is 25.3. The number of pyridine rings is 2. The van der Waals surface area contributed by atoms with Gasteiger partial charge in [0.15, 0.2) is 12.0 Å². The lowest BCUT2D eigenvalue weighted by Crippen LogP contribution is -2.38. The van der Waals surface area contributed by atoms with Gasteiger partial charge in [-0.1, -0.05) is 29.8 Å². The first-order valence-corrected chi connectivity index (χ1v) is 10.5. The summed E-state index contributed by atoms with van der Waals surface area (Å²) in [7, 11) is 0. The molecule has 0 saturated carbocycles. The Labute approximate surface area is 201 Å². The van der Waals surface area contributed by atoms with E-state index in [1.807, 2.05) is 0 Å². The fourth-order valence-electron chi connectivity index (χ4n) is 3.34. The number of amides is 1. The van der Waals surface area contributed by atoms with E-state index in [9.17, 15) is 27.6 Å². The van der Waals surface area contributed by atoms with Gasteiger partial charge >= 0.3 is 6.18 Å². The van der Waals surface area contributed by atoms with Gasteiger partial charge in [0.2, 0.25) is 0 Å². The first-order chi connectivity index (χ1) is 16.5. The third-order valence-electron chi connectivity index (χ3n) is 5.11. The minimum Gasteiger partial charge on any atom is -0.618 e. The molecule has 1 amide bonds. The molecule has 4 aromatic rings. The number of hydrogen-bond acceptors (Lipinski definition) is 4. The molecule has 1 atom stereocenters. The van der Waals surface area contributed by atoms with E-state index in [-0.39, 0.29) is 27.4 Å². The van der Waals surface area contributed by atoms with Crippen LogP contribution < -0.4 is 10.0 Å². The summed E-state index contributed by atoms with van der Waals surface area (Å²) in [5.74, 6) is -0.939. The van der Waals surface area contributed by atoms with E-state index < -0.39 is 29.6 Å². The number of benzene rings is 1. The van der Waals surface area contributed by atoms with Crippen molar-refractivity contribution in [3.8, 4) is 17.1 Å². The van der Waals surface area contributed by atoms with Crippen LogP contribution in [0, 0.1) is 11.0 Å². The summed E-state index contributed by atoms with van der Waals surface area (Å²) in [5, 5.41) is 19.2. The van der Waals surface area contributed by atoms with Gasteiger partial charge < -0.3 is 10.5 Å². The van der Waals surface area contributed by atoms with Gasteiger partial charge in [-0.25, -0.2) is 14.1 Å². The van der Waals surface area contributed by atoms with Crippen LogP contribution >= 0.6 is 11.6 Å². The number of hydrogen-bond donors (Lipinski definition) is 1. The molecule has 3 aromatic heterocycles. The highest BCUT2D eigenvalue weighted by Gasteiger charge is 2.39. The van der Waals surface area contributed by atoms with Crippen LogP contribution in [0.4, 0.5) is 17.6 Å². The lowest BCUT2D eigenvalue weighted by atomic mass is 10.1. The van der Waals surface area contributed by atoms with Crippen molar-refractivity contribution in [1.82, 2.24) is 20.1 Å². The maximum absolute atomic E-state index is 13.3. The number of rotatable bonds is 5. The van der Waals surface area contributed by atoms with E-state index in [2.05, 4.69) is 15.4 Å². The van der Waals surface area contributed by atoms with Crippen molar-refractivity contribution in [3.63, 3.8) is 0 Å². The number of nitrogens with zero attached hydrogens (tertiary/aromatic N) is 4. The second kappa shape index (κ2) is 9.34. The fourth-order valence-corrected chi connectivity index (χ4v) is 3.57. The Kier molecular flexibility index (Phi) is 6.44. The maximum Gasteiger partial charge on any atom is 0.478 e. The molecule has 0 bridgehead atoms. The minimum absolute atomic E-state index is 0.0815. The van der Waals surface area contributed by atoms with E-state index in [4.69, 9.17) is 11.6 Å². The highest BCUT2D eigenvalue weighted by molar-refractivity contribution is 6.33. The summed E-state index contributed by atoms with van der Waals surface area (Å²) in [6, 6.07) is 10.2. The number of alkyl halides is 3. The molecule has 0 fully saturated rings. The van der Waals surface area contributed by atoms with Crippen LogP contribution in [0.1, 0.15) is 34.6 Å². The summed E-state index contributed by atoms with van der Waals surface area (Å²) in [4.78, 5) is 17.1. The minimum atomic E-state index is -4.81. The molecule has 12 heteroatoms. The van der Waals surface area contributed by atoms with E-state index in [0.717, 1.165) is 18.5 Å². The number of carbonyl (C=O) groups is 1. The summed E-state index contributed by atoms with van der Waals surface area (Å²) in [5.41, 5.74) is -0.474. The first kappa shape index (κ1) is 24.1. The molecule has 1 aromatic carbocycles. The summed E-state index contributed by atoms with van der Waals surface area (Å²) >= 11 is 6.31. The molecule has 0 aliphatic heterocycles. The molecule has 7 nitrogen and oxygen atoms in total. The third-order valence-corrected chi connectivity index (χ3v) is 5.44. The Balaban J connectivity index is 1.69. The monoisotopic (exact) mass is 505 g/mol. The second-order valence-corrected chi connectivity index (χ2v) is 7.92. The molecule has 0 radical (unpaired) electrons. The van der Waals surface area contributed by atoms with Gasteiger partial charge in [0, 0.05) is 23.4 Å². The first-order valence-electron chi connectivity index (χ1n) is 10.1. The predicted molar refractivity (Wildman–Crippen MR) is 118 cm³/mol. The molecule has 0 unspecified atom stereocenters. The molecule has 0 spiro atoms. The van der Waals surface area contributed by atoms with E-state index in [1.165, 1.54) is 29.9 Å². The standard InChI is InChI=1S/C23H16ClF4N5O2/c1-13(14-6-8-19(23(26,27)28)33(35)11-14)30-22(34)17-12-32(20-9-7-15(25)10-29-20)31-21(17)16-4-2-3-5-18(16)24/h2-13H,1H3,(H,30,34)/t13-/m1/s1. The third kappa shape index (κ3) is 5.09. The van der Waals surface area contributed by atoms with Crippen LogP contribution in [-0.4, -0.2) is 20.7 Å². The molecular formula is C23H16ClF4N5O2. The molecule has 1 N–H and O–H groups in total. The van der Waals surface area contributed by atoms with Crippen molar-refractivity contribution in [1.29, 1.82) is 0 Å². The number of halogens is 5. The molecular weight excluding hydrogens is 490 g/mol. The molecule has 4 rings (SSSR count). The van der Waals surface area contributed by atoms with Crippen LogP contribution in [0.3, 0.4) is 0 Å². The van der Waals surface area contributed by atoms with Crippen LogP contribution in [0.25, 0.3) is 17.1 Å². The molecule has 35 heavy (non-hydrogen) atoms. The topological polar surface area (TPSA) is 86.8 Å². The Bertz CT molecular complexity index is 1390. The molecule has 0 aliphatic carbocycles. The zero-order valence-corrected chi connectivity index (χ0v) is 18.7. The number of aromatic nitrogens is 4. The van der Waals surface area contributed by atoms with Crippen LogP contribution in [-0.2, 0) is 6.18 Å². The molecule has 0 saturated heterocycles. The highest BCUT2D eigenvalue weighted by atomic mass is 35.5.